The Balaban J connectivity index is 1.95. The Bertz CT molecular complexity index is 481. The van der Waals surface area contributed by atoms with Gasteiger partial charge in [0.2, 0.25) is 0 Å². The maximum absolute atomic E-state index is 11.8. The van der Waals surface area contributed by atoms with Crippen LogP contribution in [0.1, 0.15) is 52.4 Å². The van der Waals surface area contributed by atoms with Gasteiger partial charge >= 0.3 is 23.9 Å². The highest BCUT2D eigenvalue weighted by atomic mass is 16.6. The van der Waals surface area contributed by atoms with E-state index in [0.29, 0.717) is 18.8 Å². The van der Waals surface area contributed by atoms with E-state index in [0.717, 1.165) is 12.8 Å². The number of hydrogen-bond acceptors (Lipinski definition) is 6. The van der Waals surface area contributed by atoms with E-state index in [1.54, 1.807) is 0 Å². The van der Waals surface area contributed by atoms with Crippen molar-refractivity contribution in [1.29, 1.82) is 0 Å². The first-order chi connectivity index (χ1) is 10.4. The lowest BCUT2D eigenvalue weighted by atomic mass is 9.80. The molecule has 0 spiro atoms. The van der Waals surface area contributed by atoms with Gasteiger partial charge in [-0.25, -0.2) is 0 Å². The fourth-order valence-corrected chi connectivity index (χ4v) is 3.10. The Kier molecular flexibility index (Phi) is 5.32. The van der Waals surface area contributed by atoms with Gasteiger partial charge in [0.15, 0.2) is 0 Å². The van der Waals surface area contributed by atoms with Gasteiger partial charge in [-0.15, -0.1) is 0 Å². The van der Waals surface area contributed by atoms with Gasteiger partial charge in [0.1, 0.15) is 0 Å². The topological polar surface area (TPSA) is 86.7 Å². The Hall–Kier alpha value is -1.72. The number of esters is 4. The van der Waals surface area contributed by atoms with E-state index >= 15 is 0 Å². The van der Waals surface area contributed by atoms with E-state index in [-0.39, 0.29) is 18.8 Å². The summed E-state index contributed by atoms with van der Waals surface area (Å²) in [4.78, 5) is 45.7. The molecule has 0 radical (unpaired) electrons. The molecule has 0 N–H and O–H groups in total. The van der Waals surface area contributed by atoms with Crippen LogP contribution >= 0.6 is 0 Å². The van der Waals surface area contributed by atoms with Crippen LogP contribution < -0.4 is 0 Å². The van der Waals surface area contributed by atoms with Gasteiger partial charge in [-0.3, -0.25) is 19.2 Å². The monoisotopic (exact) mass is 310 g/mol. The molecule has 6 nitrogen and oxygen atoms in total. The predicted octanol–water partition coefficient (Wildman–Crippen LogP) is 2.00. The van der Waals surface area contributed by atoms with Crippen LogP contribution in [0.2, 0.25) is 0 Å². The number of cyclic esters (lactones) is 4. The summed E-state index contributed by atoms with van der Waals surface area (Å²) in [6.45, 7) is 4.20. The molecule has 0 aromatic carbocycles. The Labute approximate surface area is 129 Å². The minimum Gasteiger partial charge on any atom is -0.393 e. The lowest BCUT2D eigenvalue weighted by molar-refractivity contribution is -0.154. The summed E-state index contributed by atoms with van der Waals surface area (Å²) in [5.74, 6) is -2.22. The molecule has 6 heteroatoms. The third kappa shape index (κ3) is 4.15. The molecule has 0 aromatic heterocycles. The first-order valence-corrected chi connectivity index (χ1v) is 7.85. The minimum atomic E-state index is -0.482. The fraction of sp³-hybridized carbons (Fsp3) is 0.750. The van der Waals surface area contributed by atoms with Crippen molar-refractivity contribution in [2.24, 2.45) is 23.7 Å². The summed E-state index contributed by atoms with van der Waals surface area (Å²) in [5, 5.41) is 0. The van der Waals surface area contributed by atoms with Crippen molar-refractivity contribution >= 4 is 23.9 Å². The van der Waals surface area contributed by atoms with Crippen LogP contribution in [-0.2, 0) is 28.7 Å². The molecule has 0 bridgehead atoms. The van der Waals surface area contributed by atoms with Gasteiger partial charge in [-0.05, 0) is 31.1 Å². The zero-order valence-corrected chi connectivity index (χ0v) is 13.0. The van der Waals surface area contributed by atoms with Crippen molar-refractivity contribution in [3.63, 3.8) is 0 Å². The van der Waals surface area contributed by atoms with E-state index in [1.807, 2.05) is 0 Å². The Morgan fingerprint density at radius 1 is 0.909 bits per heavy atom. The molecule has 2 heterocycles. The summed E-state index contributed by atoms with van der Waals surface area (Å²) >= 11 is 0. The highest BCUT2D eigenvalue weighted by Crippen LogP contribution is 2.34. The average molecular weight is 310 g/mol. The summed E-state index contributed by atoms with van der Waals surface area (Å²) in [6, 6.07) is 0. The van der Waals surface area contributed by atoms with Gasteiger partial charge < -0.3 is 9.47 Å². The highest BCUT2D eigenvalue weighted by molar-refractivity contribution is 5.95. The Morgan fingerprint density at radius 3 is 2.05 bits per heavy atom. The molecule has 22 heavy (non-hydrogen) atoms. The van der Waals surface area contributed by atoms with Crippen molar-refractivity contribution in [2.75, 3.05) is 0 Å². The third-order valence-corrected chi connectivity index (χ3v) is 4.43. The SMILES string of the molecule is CC(C)CCC(CCC1CC(=O)OC1=O)C1CC(=O)OC1=O. The second-order valence-corrected chi connectivity index (χ2v) is 6.61. The molecular weight excluding hydrogens is 288 g/mol. The molecular formula is C16H22O6. The van der Waals surface area contributed by atoms with Gasteiger partial charge in [-0.2, -0.15) is 0 Å². The molecule has 2 aliphatic heterocycles. The van der Waals surface area contributed by atoms with Crippen molar-refractivity contribution < 1.29 is 28.7 Å². The molecule has 2 aliphatic rings. The van der Waals surface area contributed by atoms with Crippen molar-refractivity contribution in [3.8, 4) is 0 Å². The van der Waals surface area contributed by atoms with E-state index < -0.39 is 35.7 Å². The molecule has 0 aliphatic carbocycles. The molecule has 0 aromatic rings. The lowest BCUT2D eigenvalue weighted by Crippen LogP contribution is -2.22. The quantitative estimate of drug-likeness (QED) is 0.528. The van der Waals surface area contributed by atoms with Crippen LogP contribution in [-0.4, -0.2) is 23.9 Å². The summed E-state index contributed by atoms with van der Waals surface area (Å²) in [7, 11) is 0. The summed E-state index contributed by atoms with van der Waals surface area (Å²) < 4.78 is 9.19. The maximum atomic E-state index is 11.8. The van der Waals surface area contributed by atoms with E-state index in [2.05, 4.69) is 23.3 Å². The first kappa shape index (κ1) is 16.6. The zero-order chi connectivity index (χ0) is 16.3. The average Bonchev–Trinajstić information content (AvgIpc) is 2.91. The lowest BCUT2D eigenvalue weighted by Gasteiger charge is -2.21. The van der Waals surface area contributed by atoms with Gasteiger partial charge in [0.25, 0.3) is 0 Å². The Morgan fingerprint density at radius 2 is 1.55 bits per heavy atom. The van der Waals surface area contributed by atoms with Crippen molar-refractivity contribution in [3.05, 3.63) is 0 Å². The van der Waals surface area contributed by atoms with Crippen LogP contribution in [0.5, 0.6) is 0 Å². The molecule has 3 atom stereocenters. The van der Waals surface area contributed by atoms with Crippen LogP contribution in [0.4, 0.5) is 0 Å². The van der Waals surface area contributed by atoms with Gasteiger partial charge in [0, 0.05) is 0 Å². The third-order valence-electron chi connectivity index (χ3n) is 4.43. The molecule has 0 saturated carbocycles. The predicted molar refractivity (Wildman–Crippen MR) is 75.2 cm³/mol. The standard InChI is InChI=1S/C16H22O6/c1-9(2)3-4-10(12-8-14(18)22-16(12)20)5-6-11-7-13(17)21-15(11)19/h9-12H,3-8H2,1-2H3. The van der Waals surface area contributed by atoms with Gasteiger partial charge in [-0.1, -0.05) is 20.3 Å². The molecule has 3 unspecified atom stereocenters. The summed E-state index contributed by atoms with van der Waals surface area (Å²) in [6.07, 6.45) is 3.11. The largest absolute Gasteiger partial charge is 0.393 e. The van der Waals surface area contributed by atoms with E-state index in [1.165, 1.54) is 0 Å². The number of carbonyl (C=O) groups is 4. The van der Waals surface area contributed by atoms with Gasteiger partial charge in [0.05, 0.1) is 24.7 Å². The normalized spacial score (nSPS) is 26.5. The number of rotatable bonds is 7. The minimum absolute atomic E-state index is 0.00449. The van der Waals surface area contributed by atoms with Crippen LogP contribution in [0.25, 0.3) is 0 Å². The second-order valence-electron chi connectivity index (χ2n) is 6.61. The number of ether oxygens (including phenoxy) is 2. The zero-order valence-electron chi connectivity index (χ0n) is 13.0. The van der Waals surface area contributed by atoms with Crippen molar-refractivity contribution in [2.45, 2.75) is 52.4 Å². The summed E-state index contributed by atoms with van der Waals surface area (Å²) in [5.41, 5.74) is 0. The second kappa shape index (κ2) is 7.03. The van der Waals surface area contributed by atoms with Crippen LogP contribution in [0.15, 0.2) is 0 Å². The van der Waals surface area contributed by atoms with Crippen molar-refractivity contribution in [1.82, 2.24) is 0 Å². The fourth-order valence-electron chi connectivity index (χ4n) is 3.10. The number of hydrogen-bond donors (Lipinski definition) is 0. The molecule has 122 valence electrons. The molecule has 0 amide bonds. The maximum Gasteiger partial charge on any atom is 0.317 e. The number of carbonyl (C=O) groups excluding carboxylic acids is 4. The molecule has 2 fully saturated rings. The smallest absolute Gasteiger partial charge is 0.317 e. The first-order valence-electron chi connectivity index (χ1n) is 7.85. The molecule has 2 rings (SSSR count). The van der Waals surface area contributed by atoms with E-state index in [9.17, 15) is 19.2 Å². The van der Waals surface area contributed by atoms with Crippen LogP contribution in [0.3, 0.4) is 0 Å². The van der Waals surface area contributed by atoms with Crippen LogP contribution in [0, 0.1) is 23.7 Å². The molecule has 2 saturated heterocycles. The highest BCUT2D eigenvalue weighted by Gasteiger charge is 2.40. The van der Waals surface area contributed by atoms with E-state index in [4.69, 9.17) is 0 Å².